The third-order valence-corrected chi connectivity index (χ3v) is 3.39. The van der Waals surface area contributed by atoms with Crippen LogP contribution in [0.25, 0.3) is 0 Å². The van der Waals surface area contributed by atoms with Crippen LogP contribution in [0, 0.1) is 5.92 Å². The van der Waals surface area contributed by atoms with Crippen LogP contribution in [0.1, 0.15) is 23.5 Å². The fourth-order valence-corrected chi connectivity index (χ4v) is 2.14. The van der Waals surface area contributed by atoms with Crippen LogP contribution in [0.3, 0.4) is 0 Å². The highest BCUT2D eigenvalue weighted by atomic mass is 32.1. The molecule has 1 aromatic heterocycles. The van der Waals surface area contributed by atoms with Crippen LogP contribution in [0.15, 0.2) is 0 Å². The van der Waals surface area contributed by atoms with E-state index in [4.69, 9.17) is 5.73 Å². The van der Waals surface area contributed by atoms with E-state index in [0.717, 1.165) is 13.1 Å². The number of anilines is 2. The second kappa shape index (κ2) is 7.30. The smallest absolute Gasteiger partial charge is 0.265 e. The molecule has 0 unspecified atom stereocenters. The molecule has 108 valence electrons. The van der Waals surface area contributed by atoms with E-state index < -0.39 is 0 Å². The summed E-state index contributed by atoms with van der Waals surface area (Å²) in [5.41, 5.74) is 5.77. The van der Waals surface area contributed by atoms with Crippen molar-refractivity contribution in [3.05, 3.63) is 4.88 Å². The summed E-state index contributed by atoms with van der Waals surface area (Å²) in [4.78, 5) is 18.6. The van der Waals surface area contributed by atoms with Gasteiger partial charge in [0.2, 0.25) is 0 Å². The lowest BCUT2D eigenvalue weighted by Crippen LogP contribution is -2.31. The van der Waals surface area contributed by atoms with Crippen LogP contribution in [0.4, 0.5) is 10.9 Å². The Hall–Kier alpha value is -1.34. The summed E-state index contributed by atoms with van der Waals surface area (Å²) in [5.74, 6) is 0.649. The molecule has 1 rings (SSSR count). The summed E-state index contributed by atoms with van der Waals surface area (Å²) in [6, 6.07) is 0. The highest BCUT2D eigenvalue weighted by Crippen LogP contribution is 2.24. The summed E-state index contributed by atoms with van der Waals surface area (Å²) in [7, 11) is 3.92. The van der Waals surface area contributed by atoms with Crippen molar-refractivity contribution in [3.63, 3.8) is 0 Å². The fourth-order valence-electron chi connectivity index (χ4n) is 1.33. The molecule has 0 saturated heterocycles. The van der Waals surface area contributed by atoms with Crippen LogP contribution < -0.4 is 16.4 Å². The summed E-state index contributed by atoms with van der Waals surface area (Å²) in [5, 5.41) is 6.70. The van der Waals surface area contributed by atoms with Crippen molar-refractivity contribution in [3.8, 4) is 0 Å². The molecule has 0 aliphatic rings. The van der Waals surface area contributed by atoms with Gasteiger partial charge in [-0.3, -0.25) is 4.79 Å². The van der Waals surface area contributed by atoms with E-state index in [1.54, 1.807) is 0 Å². The van der Waals surface area contributed by atoms with Gasteiger partial charge < -0.3 is 21.3 Å². The van der Waals surface area contributed by atoms with Gasteiger partial charge in [0.1, 0.15) is 10.7 Å². The lowest BCUT2D eigenvalue weighted by molar-refractivity contribution is 0.0956. The minimum atomic E-state index is -0.158. The molecule has 0 aliphatic heterocycles. The van der Waals surface area contributed by atoms with Crippen molar-refractivity contribution in [2.24, 2.45) is 5.92 Å². The van der Waals surface area contributed by atoms with E-state index in [-0.39, 0.29) is 5.91 Å². The topological polar surface area (TPSA) is 83.3 Å². The SMILES string of the molecule is CC(C)CNc1nc(N)c(C(=O)NCCN(C)C)s1. The molecule has 19 heavy (non-hydrogen) atoms. The summed E-state index contributed by atoms with van der Waals surface area (Å²) >= 11 is 1.30. The molecule has 0 aliphatic carbocycles. The molecule has 1 heterocycles. The largest absolute Gasteiger partial charge is 0.382 e. The number of hydrogen-bond donors (Lipinski definition) is 3. The van der Waals surface area contributed by atoms with Crippen molar-refractivity contribution in [2.75, 3.05) is 44.8 Å². The van der Waals surface area contributed by atoms with Crippen LogP contribution in [-0.4, -0.2) is 49.5 Å². The van der Waals surface area contributed by atoms with Crippen molar-refractivity contribution in [2.45, 2.75) is 13.8 Å². The lowest BCUT2D eigenvalue weighted by atomic mass is 10.2. The first-order valence-electron chi connectivity index (χ1n) is 6.33. The van der Waals surface area contributed by atoms with Crippen LogP contribution in [-0.2, 0) is 0 Å². The van der Waals surface area contributed by atoms with E-state index in [9.17, 15) is 4.79 Å². The molecule has 7 heteroatoms. The van der Waals surface area contributed by atoms with Crippen molar-refractivity contribution in [1.29, 1.82) is 0 Å². The molecule has 6 nitrogen and oxygen atoms in total. The van der Waals surface area contributed by atoms with Gasteiger partial charge in [-0.2, -0.15) is 0 Å². The molecule has 0 radical (unpaired) electrons. The Morgan fingerprint density at radius 1 is 1.47 bits per heavy atom. The number of hydrogen-bond acceptors (Lipinski definition) is 6. The molecule has 0 aromatic carbocycles. The quantitative estimate of drug-likeness (QED) is 0.698. The second-order valence-corrected chi connectivity index (χ2v) is 6.07. The number of nitrogen functional groups attached to an aromatic ring is 1. The highest BCUT2D eigenvalue weighted by molar-refractivity contribution is 7.18. The van der Waals surface area contributed by atoms with Crippen LogP contribution in [0.5, 0.6) is 0 Å². The Balaban J connectivity index is 2.55. The molecule has 0 spiro atoms. The molecule has 1 aromatic rings. The normalized spacial score (nSPS) is 11.1. The lowest BCUT2D eigenvalue weighted by Gasteiger charge is -2.09. The first-order valence-corrected chi connectivity index (χ1v) is 7.15. The standard InChI is InChI=1S/C12H23N5OS/c1-8(2)7-15-12-16-10(13)9(19-12)11(18)14-5-6-17(3)4/h8H,5-7,13H2,1-4H3,(H,14,18)(H,15,16). The predicted octanol–water partition coefficient (Wildman–Crippen LogP) is 1.08. The minimum absolute atomic E-state index is 0.158. The summed E-state index contributed by atoms with van der Waals surface area (Å²) in [6.45, 7) is 6.42. The Labute approximate surface area is 118 Å². The number of rotatable bonds is 7. The fraction of sp³-hybridized carbons (Fsp3) is 0.667. The van der Waals surface area contributed by atoms with Crippen LogP contribution in [0.2, 0.25) is 0 Å². The van der Waals surface area contributed by atoms with Crippen molar-refractivity contribution >= 4 is 28.2 Å². The zero-order chi connectivity index (χ0) is 14.4. The van der Waals surface area contributed by atoms with Crippen molar-refractivity contribution in [1.82, 2.24) is 15.2 Å². The molecule has 0 saturated carbocycles. The van der Waals surface area contributed by atoms with E-state index in [1.807, 2.05) is 19.0 Å². The van der Waals surface area contributed by atoms with Gasteiger partial charge >= 0.3 is 0 Å². The first kappa shape index (κ1) is 15.7. The van der Waals surface area contributed by atoms with Crippen LogP contribution >= 0.6 is 11.3 Å². The molecule has 0 atom stereocenters. The maximum atomic E-state index is 11.9. The number of nitrogens with two attached hydrogens (primary N) is 1. The second-order valence-electron chi connectivity index (χ2n) is 5.07. The van der Waals surface area contributed by atoms with Gasteiger partial charge in [-0.15, -0.1) is 0 Å². The molecule has 1 amide bonds. The highest BCUT2D eigenvalue weighted by Gasteiger charge is 2.15. The number of aromatic nitrogens is 1. The third kappa shape index (κ3) is 5.44. The Morgan fingerprint density at radius 2 is 2.16 bits per heavy atom. The van der Waals surface area contributed by atoms with E-state index in [2.05, 4.69) is 29.5 Å². The minimum Gasteiger partial charge on any atom is -0.382 e. The number of likely N-dealkylation sites (N-methyl/N-ethyl adjacent to an activating group) is 1. The van der Waals surface area contributed by atoms with Crippen molar-refractivity contribution < 1.29 is 4.79 Å². The molecule has 0 fully saturated rings. The molecule has 4 N–H and O–H groups in total. The zero-order valence-electron chi connectivity index (χ0n) is 12.0. The number of amides is 1. The number of nitrogens with one attached hydrogen (secondary N) is 2. The van der Waals surface area contributed by atoms with E-state index >= 15 is 0 Å². The molecular formula is C12H23N5OS. The molecular weight excluding hydrogens is 262 g/mol. The maximum absolute atomic E-state index is 11.9. The number of nitrogens with zero attached hydrogens (tertiary/aromatic N) is 2. The zero-order valence-corrected chi connectivity index (χ0v) is 12.8. The predicted molar refractivity (Wildman–Crippen MR) is 80.7 cm³/mol. The third-order valence-electron chi connectivity index (χ3n) is 2.37. The van der Waals surface area contributed by atoms with Gasteiger partial charge in [0.05, 0.1) is 0 Å². The molecule has 0 bridgehead atoms. The Kier molecular flexibility index (Phi) is 6.04. The number of thiazole rings is 1. The van der Waals surface area contributed by atoms with Gasteiger partial charge in [-0.1, -0.05) is 25.2 Å². The Bertz CT molecular complexity index is 416. The van der Waals surface area contributed by atoms with E-state index in [0.29, 0.717) is 28.3 Å². The van der Waals surface area contributed by atoms with Gasteiger partial charge in [0.15, 0.2) is 5.13 Å². The average Bonchev–Trinajstić information content (AvgIpc) is 2.67. The number of carbonyl (C=O) groups is 1. The maximum Gasteiger partial charge on any atom is 0.265 e. The number of carbonyl (C=O) groups excluding carboxylic acids is 1. The summed E-state index contributed by atoms with van der Waals surface area (Å²) in [6.07, 6.45) is 0. The van der Waals surface area contributed by atoms with E-state index in [1.165, 1.54) is 11.3 Å². The first-order chi connectivity index (χ1) is 8.90. The van der Waals surface area contributed by atoms with Gasteiger partial charge in [-0.05, 0) is 20.0 Å². The summed E-state index contributed by atoms with van der Waals surface area (Å²) < 4.78 is 0. The monoisotopic (exact) mass is 285 g/mol. The average molecular weight is 285 g/mol. The van der Waals surface area contributed by atoms with Gasteiger partial charge in [0, 0.05) is 19.6 Å². The van der Waals surface area contributed by atoms with Gasteiger partial charge in [-0.25, -0.2) is 4.98 Å². The van der Waals surface area contributed by atoms with Gasteiger partial charge in [0.25, 0.3) is 5.91 Å². The Morgan fingerprint density at radius 3 is 2.74 bits per heavy atom.